The van der Waals surface area contributed by atoms with Crippen molar-refractivity contribution >= 4 is 21.9 Å². The number of halogens is 1. The predicted octanol–water partition coefficient (Wildman–Crippen LogP) is 3.52. The average Bonchev–Trinajstić information content (AvgIpc) is 2.30. The summed E-state index contributed by atoms with van der Waals surface area (Å²) in [6.07, 6.45) is 0. The van der Waals surface area contributed by atoms with Crippen LogP contribution in [0.1, 0.15) is 10.4 Å². The Labute approximate surface area is 106 Å². The van der Waals surface area contributed by atoms with Crippen LogP contribution in [0.3, 0.4) is 0 Å². The van der Waals surface area contributed by atoms with Crippen molar-refractivity contribution in [3.63, 3.8) is 0 Å². The van der Waals surface area contributed by atoms with Crippen LogP contribution in [0.5, 0.6) is 5.75 Å². The molecule has 0 amide bonds. The van der Waals surface area contributed by atoms with E-state index in [9.17, 15) is 9.90 Å². The summed E-state index contributed by atoms with van der Waals surface area (Å²) in [6, 6.07) is 11.7. The van der Waals surface area contributed by atoms with E-state index >= 15 is 0 Å². The molecule has 2 N–H and O–H groups in total. The Hall–Kier alpha value is -1.81. The normalized spacial score (nSPS) is 10.2. The van der Waals surface area contributed by atoms with Gasteiger partial charge in [0.05, 0.1) is 5.56 Å². The number of phenols is 1. The smallest absolute Gasteiger partial charge is 0.335 e. The largest absolute Gasteiger partial charge is 0.507 e. The van der Waals surface area contributed by atoms with E-state index < -0.39 is 5.97 Å². The Morgan fingerprint density at radius 1 is 1.06 bits per heavy atom. The number of hydrogen-bond donors (Lipinski definition) is 2. The second kappa shape index (κ2) is 4.59. The minimum atomic E-state index is -1.05. The van der Waals surface area contributed by atoms with Crippen LogP contribution in [0.4, 0.5) is 0 Å². The van der Waals surface area contributed by atoms with Crippen molar-refractivity contribution in [3.8, 4) is 16.9 Å². The maximum atomic E-state index is 10.7. The zero-order valence-electron chi connectivity index (χ0n) is 8.72. The predicted molar refractivity (Wildman–Crippen MR) is 68.2 cm³/mol. The third kappa shape index (κ3) is 2.47. The van der Waals surface area contributed by atoms with E-state index in [-0.39, 0.29) is 11.3 Å². The molecule has 0 atom stereocenters. The molecule has 0 fully saturated rings. The van der Waals surface area contributed by atoms with Crippen LogP contribution in [0.25, 0.3) is 11.1 Å². The standard InChI is InChI=1S/C13H9BrO3/c14-10-4-1-8(2-5-10)11-6-3-9(13(16)17)7-12(11)15/h1-7,15H,(H,16,17). The van der Waals surface area contributed by atoms with Gasteiger partial charge in [0, 0.05) is 10.0 Å². The molecule has 0 aromatic heterocycles. The van der Waals surface area contributed by atoms with Gasteiger partial charge in [0.2, 0.25) is 0 Å². The van der Waals surface area contributed by atoms with E-state index in [4.69, 9.17) is 5.11 Å². The number of carbonyl (C=O) groups is 1. The van der Waals surface area contributed by atoms with Gasteiger partial charge >= 0.3 is 5.97 Å². The Morgan fingerprint density at radius 3 is 2.24 bits per heavy atom. The number of hydrogen-bond acceptors (Lipinski definition) is 2. The van der Waals surface area contributed by atoms with Gasteiger partial charge in [-0.05, 0) is 35.9 Å². The Bertz CT molecular complexity index is 561. The lowest BCUT2D eigenvalue weighted by atomic mass is 10.0. The number of phenolic OH excluding ortho intramolecular Hbond substituents is 1. The van der Waals surface area contributed by atoms with Gasteiger partial charge in [-0.2, -0.15) is 0 Å². The Kier molecular flexibility index (Phi) is 3.15. The average molecular weight is 293 g/mol. The van der Waals surface area contributed by atoms with E-state index in [2.05, 4.69) is 15.9 Å². The number of carboxylic acids is 1. The molecule has 2 rings (SSSR count). The molecule has 0 heterocycles. The van der Waals surface area contributed by atoms with Crippen molar-refractivity contribution in [2.24, 2.45) is 0 Å². The minimum absolute atomic E-state index is 0.0350. The summed E-state index contributed by atoms with van der Waals surface area (Å²) in [5, 5.41) is 18.6. The SMILES string of the molecule is O=C(O)c1ccc(-c2ccc(Br)cc2)c(O)c1. The zero-order valence-corrected chi connectivity index (χ0v) is 10.3. The monoisotopic (exact) mass is 292 g/mol. The number of rotatable bonds is 2. The molecule has 0 radical (unpaired) electrons. The molecule has 3 nitrogen and oxygen atoms in total. The van der Waals surface area contributed by atoms with Crippen LogP contribution < -0.4 is 0 Å². The van der Waals surface area contributed by atoms with E-state index in [1.165, 1.54) is 12.1 Å². The lowest BCUT2D eigenvalue weighted by Gasteiger charge is -2.05. The molecule has 0 unspecified atom stereocenters. The molecular formula is C13H9BrO3. The van der Waals surface area contributed by atoms with E-state index in [1.807, 2.05) is 24.3 Å². The second-order valence-electron chi connectivity index (χ2n) is 3.54. The maximum Gasteiger partial charge on any atom is 0.335 e. The molecule has 0 bridgehead atoms. The summed E-state index contributed by atoms with van der Waals surface area (Å²) in [4.78, 5) is 10.7. The number of aromatic carboxylic acids is 1. The molecule has 0 aliphatic rings. The van der Waals surface area contributed by atoms with Gasteiger partial charge in [-0.1, -0.05) is 28.1 Å². The van der Waals surface area contributed by atoms with Gasteiger partial charge < -0.3 is 10.2 Å². The van der Waals surface area contributed by atoms with Crippen LogP contribution in [-0.4, -0.2) is 16.2 Å². The highest BCUT2D eigenvalue weighted by molar-refractivity contribution is 9.10. The molecule has 17 heavy (non-hydrogen) atoms. The van der Waals surface area contributed by atoms with Crippen molar-refractivity contribution in [1.29, 1.82) is 0 Å². The van der Waals surface area contributed by atoms with Gasteiger partial charge in [0.15, 0.2) is 0 Å². The van der Waals surface area contributed by atoms with Gasteiger partial charge in [-0.25, -0.2) is 4.79 Å². The molecule has 2 aromatic carbocycles. The fourth-order valence-corrected chi connectivity index (χ4v) is 1.80. The summed E-state index contributed by atoms with van der Waals surface area (Å²) in [5.74, 6) is -1.09. The molecule has 4 heteroatoms. The third-order valence-corrected chi connectivity index (χ3v) is 2.93. The fraction of sp³-hybridized carbons (Fsp3) is 0. The first-order valence-electron chi connectivity index (χ1n) is 4.90. The topological polar surface area (TPSA) is 57.5 Å². The molecule has 2 aromatic rings. The summed E-state index contributed by atoms with van der Waals surface area (Å²) in [7, 11) is 0. The molecule has 0 saturated carbocycles. The Balaban J connectivity index is 2.46. The van der Waals surface area contributed by atoms with E-state index in [0.29, 0.717) is 5.56 Å². The number of aromatic hydroxyl groups is 1. The van der Waals surface area contributed by atoms with Crippen LogP contribution in [0, 0.1) is 0 Å². The van der Waals surface area contributed by atoms with E-state index in [0.717, 1.165) is 10.0 Å². The molecule has 86 valence electrons. The van der Waals surface area contributed by atoms with Crippen molar-refractivity contribution < 1.29 is 15.0 Å². The van der Waals surface area contributed by atoms with Gasteiger partial charge in [-0.15, -0.1) is 0 Å². The van der Waals surface area contributed by atoms with Gasteiger partial charge in [-0.3, -0.25) is 0 Å². The second-order valence-corrected chi connectivity index (χ2v) is 4.46. The highest BCUT2D eigenvalue weighted by atomic mass is 79.9. The van der Waals surface area contributed by atoms with E-state index in [1.54, 1.807) is 6.07 Å². The summed E-state index contributed by atoms with van der Waals surface area (Å²) in [6.45, 7) is 0. The molecule has 0 saturated heterocycles. The molecule has 0 spiro atoms. The minimum Gasteiger partial charge on any atom is -0.507 e. The first-order chi connectivity index (χ1) is 8.08. The first kappa shape index (κ1) is 11.7. The summed E-state index contributed by atoms with van der Waals surface area (Å²) < 4.78 is 0.947. The zero-order chi connectivity index (χ0) is 12.4. The van der Waals surface area contributed by atoms with Gasteiger partial charge in [0.1, 0.15) is 5.75 Å². The highest BCUT2D eigenvalue weighted by Gasteiger charge is 2.08. The van der Waals surface area contributed by atoms with Crippen LogP contribution >= 0.6 is 15.9 Å². The summed E-state index contributed by atoms with van der Waals surface area (Å²) in [5.41, 5.74) is 1.52. The molecule has 0 aliphatic heterocycles. The maximum absolute atomic E-state index is 10.7. The van der Waals surface area contributed by atoms with Gasteiger partial charge in [0.25, 0.3) is 0 Å². The van der Waals surface area contributed by atoms with Crippen LogP contribution in [-0.2, 0) is 0 Å². The quantitative estimate of drug-likeness (QED) is 0.890. The van der Waals surface area contributed by atoms with Crippen molar-refractivity contribution in [2.75, 3.05) is 0 Å². The van der Waals surface area contributed by atoms with Crippen LogP contribution in [0.15, 0.2) is 46.9 Å². The summed E-state index contributed by atoms with van der Waals surface area (Å²) >= 11 is 3.33. The van der Waals surface area contributed by atoms with Crippen molar-refractivity contribution in [2.45, 2.75) is 0 Å². The molecule has 0 aliphatic carbocycles. The fourth-order valence-electron chi connectivity index (χ4n) is 1.54. The first-order valence-corrected chi connectivity index (χ1v) is 5.69. The Morgan fingerprint density at radius 2 is 1.71 bits per heavy atom. The highest BCUT2D eigenvalue weighted by Crippen LogP contribution is 2.30. The van der Waals surface area contributed by atoms with Crippen molar-refractivity contribution in [3.05, 3.63) is 52.5 Å². The lowest BCUT2D eigenvalue weighted by molar-refractivity contribution is 0.0696. The lowest BCUT2D eigenvalue weighted by Crippen LogP contribution is -1.95. The number of benzene rings is 2. The third-order valence-electron chi connectivity index (χ3n) is 2.40. The molecular weight excluding hydrogens is 284 g/mol. The van der Waals surface area contributed by atoms with Crippen LogP contribution in [0.2, 0.25) is 0 Å². The van der Waals surface area contributed by atoms with Crippen molar-refractivity contribution in [1.82, 2.24) is 0 Å². The number of carboxylic acid groups (broad SMARTS) is 1.